The van der Waals surface area contributed by atoms with Crippen LogP contribution in [0.3, 0.4) is 0 Å². The monoisotopic (exact) mass is 297 g/mol. The average molecular weight is 297 g/mol. The van der Waals surface area contributed by atoms with Crippen molar-refractivity contribution < 1.29 is 17.9 Å². The smallest absolute Gasteiger partial charge is 0.273 e. The van der Waals surface area contributed by atoms with Crippen LogP contribution >= 0.6 is 11.3 Å². The third-order valence-electron chi connectivity index (χ3n) is 2.34. The summed E-state index contributed by atoms with van der Waals surface area (Å²) in [7, 11) is -2.28. The Labute approximate surface area is 114 Å². The second kappa shape index (κ2) is 5.41. The highest BCUT2D eigenvalue weighted by Gasteiger charge is 2.19. The van der Waals surface area contributed by atoms with Crippen molar-refractivity contribution in [2.24, 2.45) is 0 Å². The van der Waals surface area contributed by atoms with Gasteiger partial charge < -0.3 is 4.74 Å². The first-order valence-corrected chi connectivity index (χ1v) is 7.64. The summed E-state index contributed by atoms with van der Waals surface area (Å²) in [6.45, 7) is 0. The first-order valence-electron chi connectivity index (χ1n) is 5.27. The number of carbonyl (C=O) groups is 1. The standard InChI is InChI=1S/C12H11NO4S2/c1-17-10-6-4-9(5-7-10)12(14)13-19(15,16)11-3-2-8-18-11/h2-8H,1H3,(H,13,14). The maximum absolute atomic E-state index is 11.9. The minimum absolute atomic E-state index is 0.106. The van der Waals surface area contributed by atoms with Gasteiger partial charge in [-0.25, -0.2) is 13.1 Å². The number of amides is 1. The van der Waals surface area contributed by atoms with Gasteiger partial charge >= 0.3 is 0 Å². The molecule has 0 spiro atoms. The summed E-state index contributed by atoms with van der Waals surface area (Å²) in [5.74, 6) is -0.0753. The zero-order valence-electron chi connectivity index (χ0n) is 9.99. The topological polar surface area (TPSA) is 72.5 Å². The van der Waals surface area contributed by atoms with Crippen LogP contribution in [0.25, 0.3) is 0 Å². The molecular formula is C12H11NO4S2. The van der Waals surface area contributed by atoms with Crippen molar-refractivity contribution >= 4 is 27.3 Å². The summed E-state index contributed by atoms with van der Waals surface area (Å²) >= 11 is 1.05. The molecule has 100 valence electrons. The van der Waals surface area contributed by atoms with Crippen molar-refractivity contribution in [1.29, 1.82) is 0 Å². The summed E-state index contributed by atoms with van der Waals surface area (Å²) in [6.07, 6.45) is 0. The Morgan fingerprint density at radius 2 is 1.89 bits per heavy atom. The Balaban J connectivity index is 2.17. The molecule has 5 nitrogen and oxygen atoms in total. The molecule has 2 rings (SSSR count). The van der Waals surface area contributed by atoms with Gasteiger partial charge in [0, 0.05) is 5.56 Å². The molecule has 1 aromatic heterocycles. The molecule has 7 heteroatoms. The summed E-state index contributed by atoms with van der Waals surface area (Å²) < 4.78 is 30.8. The number of thiophene rings is 1. The lowest BCUT2D eigenvalue weighted by Crippen LogP contribution is -2.29. The van der Waals surface area contributed by atoms with Crippen molar-refractivity contribution in [3.05, 3.63) is 47.3 Å². The lowest BCUT2D eigenvalue weighted by Gasteiger charge is -2.05. The highest BCUT2D eigenvalue weighted by Crippen LogP contribution is 2.16. The second-order valence-electron chi connectivity index (χ2n) is 3.60. The fraction of sp³-hybridized carbons (Fsp3) is 0.0833. The minimum atomic E-state index is -3.79. The molecular weight excluding hydrogens is 286 g/mol. The number of hydrogen-bond acceptors (Lipinski definition) is 5. The minimum Gasteiger partial charge on any atom is -0.497 e. The summed E-state index contributed by atoms with van der Waals surface area (Å²) in [6, 6.07) is 9.22. The van der Waals surface area contributed by atoms with E-state index in [2.05, 4.69) is 0 Å². The maximum atomic E-state index is 11.9. The van der Waals surface area contributed by atoms with E-state index in [-0.39, 0.29) is 9.77 Å². The summed E-state index contributed by atoms with van der Waals surface area (Å²) in [4.78, 5) is 11.8. The molecule has 1 heterocycles. The number of rotatable bonds is 4. The van der Waals surface area contributed by atoms with Crippen LogP contribution in [0.5, 0.6) is 5.75 Å². The van der Waals surface area contributed by atoms with Crippen LogP contribution in [0.15, 0.2) is 46.0 Å². The molecule has 0 aliphatic carbocycles. The van der Waals surface area contributed by atoms with E-state index in [1.807, 2.05) is 4.72 Å². The van der Waals surface area contributed by atoms with Crippen LogP contribution in [0.2, 0.25) is 0 Å². The van der Waals surface area contributed by atoms with Crippen LogP contribution in [0.1, 0.15) is 10.4 Å². The van der Waals surface area contributed by atoms with Crippen LogP contribution in [-0.2, 0) is 10.0 Å². The highest BCUT2D eigenvalue weighted by molar-refractivity contribution is 7.92. The first kappa shape index (κ1) is 13.6. The number of ether oxygens (including phenoxy) is 1. The molecule has 1 N–H and O–H groups in total. The van der Waals surface area contributed by atoms with Gasteiger partial charge in [0.15, 0.2) is 0 Å². The zero-order chi connectivity index (χ0) is 13.9. The first-order chi connectivity index (χ1) is 9.03. The quantitative estimate of drug-likeness (QED) is 0.935. The van der Waals surface area contributed by atoms with E-state index in [1.165, 1.54) is 25.3 Å². The van der Waals surface area contributed by atoms with Gasteiger partial charge in [0.2, 0.25) is 0 Å². The van der Waals surface area contributed by atoms with Crippen molar-refractivity contribution in [2.75, 3.05) is 7.11 Å². The zero-order valence-corrected chi connectivity index (χ0v) is 11.6. The van der Waals surface area contributed by atoms with Crippen LogP contribution in [0.4, 0.5) is 0 Å². The molecule has 0 saturated heterocycles. The molecule has 0 unspecified atom stereocenters. The number of nitrogens with one attached hydrogen (secondary N) is 1. The summed E-state index contributed by atoms with van der Waals surface area (Å²) in [5.41, 5.74) is 0.251. The maximum Gasteiger partial charge on any atom is 0.273 e. The normalized spacial score (nSPS) is 11.0. The Morgan fingerprint density at radius 3 is 2.42 bits per heavy atom. The van der Waals surface area contributed by atoms with E-state index in [9.17, 15) is 13.2 Å². The van der Waals surface area contributed by atoms with E-state index in [4.69, 9.17) is 4.74 Å². The van der Waals surface area contributed by atoms with Crippen molar-refractivity contribution in [2.45, 2.75) is 4.21 Å². The van der Waals surface area contributed by atoms with E-state index in [0.29, 0.717) is 5.75 Å². The number of methoxy groups -OCH3 is 1. The van der Waals surface area contributed by atoms with E-state index in [0.717, 1.165) is 11.3 Å². The molecule has 1 amide bonds. The Kier molecular flexibility index (Phi) is 3.87. The molecule has 19 heavy (non-hydrogen) atoms. The van der Waals surface area contributed by atoms with Gasteiger partial charge in [0.25, 0.3) is 15.9 Å². The Morgan fingerprint density at radius 1 is 1.21 bits per heavy atom. The Hall–Kier alpha value is -1.86. The van der Waals surface area contributed by atoms with Crippen molar-refractivity contribution in [3.8, 4) is 5.75 Å². The van der Waals surface area contributed by atoms with E-state index in [1.54, 1.807) is 23.6 Å². The lowest BCUT2D eigenvalue weighted by molar-refractivity contribution is 0.0981. The fourth-order valence-corrected chi connectivity index (χ4v) is 3.36. The fourth-order valence-electron chi connectivity index (χ4n) is 1.39. The van der Waals surface area contributed by atoms with Gasteiger partial charge in [-0.1, -0.05) is 6.07 Å². The SMILES string of the molecule is COc1ccc(C(=O)NS(=O)(=O)c2cccs2)cc1. The van der Waals surface area contributed by atoms with Gasteiger partial charge in [-0.3, -0.25) is 4.79 Å². The van der Waals surface area contributed by atoms with E-state index >= 15 is 0 Å². The van der Waals surface area contributed by atoms with Crippen LogP contribution < -0.4 is 9.46 Å². The molecule has 0 bridgehead atoms. The highest BCUT2D eigenvalue weighted by atomic mass is 32.2. The Bertz CT molecular complexity index is 660. The molecule has 0 aliphatic rings. The van der Waals surface area contributed by atoms with Gasteiger partial charge in [0.1, 0.15) is 9.96 Å². The molecule has 1 aromatic carbocycles. The molecule has 0 atom stereocenters. The molecule has 0 saturated carbocycles. The lowest BCUT2D eigenvalue weighted by atomic mass is 10.2. The van der Waals surface area contributed by atoms with Gasteiger partial charge in [-0.15, -0.1) is 11.3 Å². The number of carbonyl (C=O) groups excluding carboxylic acids is 1. The molecule has 0 fully saturated rings. The third-order valence-corrected chi connectivity index (χ3v) is 5.07. The predicted octanol–water partition coefficient (Wildman–Crippen LogP) is 1.88. The molecule has 2 aromatic rings. The second-order valence-corrected chi connectivity index (χ2v) is 6.45. The van der Waals surface area contributed by atoms with E-state index < -0.39 is 15.9 Å². The van der Waals surface area contributed by atoms with Crippen molar-refractivity contribution in [1.82, 2.24) is 4.72 Å². The molecule has 0 aliphatic heterocycles. The van der Waals surface area contributed by atoms with Gasteiger partial charge in [-0.2, -0.15) is 0 Å². The average Bonchev–Trinajstić information content (AvgIpc) is 2.93. The number of benzene rings is 1. The van der Waals surface area contributed by atoms with Gasteiger partial charge in [-0.05, 0) is 35.7 Å². The summed E-state index contributed by atoms with van der Waals surface area (Å²) in [5, 5.41) is 1.63. The number of hydrogen-bond donors (Lipinski definition) is 1. The van der Waals surface area contributed by atoms with Crippen molar-refractivity contribution in [3.63, 3.8) is 0 Å². The molecule has 0 radical (unpaired) electrons. The van der Waals surface area contributed by atoms with Crippen LogP contribution in [0, 0.1) is 0 Å². The van der Waals surface area contributed by atoms with Gasteiger partial charge in [0.05, 0.1) is 7.11 Å². The predicted molar refractivity (Wildman–Crippen MR) is 72.0 cm³/mol. The largest absolute Gasteiger partial charge is 0.497 e. The van der Waals surface area contributed by atoms with Crippen LogP contribution in [-0.4, -0.2) is 21.4 Å². The number of sulfonamides is 1. The third kappa shape index (κ3) is 3.12.